The number of hydrogen-bond acceptors (Lipinski definition) is 2. The maximum absolute atomic E-state index is 11.0. The van der Waals surface area contributed by atoms with Crippen molar-refractivity contribution >= 4 is 5.78 Å². The highest BCUT2D eigenvalue weighted by Gasteiger charge is 2.02. The van der Waals surface area contributed by atoms with E-state index in [1.807, 2.05) is 30.3 Å². The monoisotopic (exact) mass is 190 g/mol. The van der Waals surface area contributed by atoms with Gasteiger partial charge in [0.2, 0.25) is 0 Å². The number of carbonyl (C=O) groups is 1. The Balaban J connectivity index is 2.45. The summed E-state index contributed by atoms with van der Waals surface area (Å²) in [5, 5.41) is 8.92. The SMILES string of the molecule is CC(O)C(=O)C=CCc1ccccc1. The Morgan fingerprint density at radius 1 is 1.43 bits per heavy atom. The first-order valence-electron chi connectivity index (χ1n) is 4.62. The van der Waals surface area contributed by atoms with E-state index in [9.17, 15) is 4.79 Å². The minimum atomic E-state index is -0.901. The van der Waals surface area contributed by atoms with Crippen molar-refractivity contribution in [2.45, 2.75) is 19.4 Å². The highest BCUT2D eigenvalue weighted by Crippen LogP contribution is 2.00. The lowest BCUT2D eigenvalue weighted by atomic mass is 10.1. The van der Waals surface area contributed by atoms with Gasteiger partial charge in [0.1, 0.15) is 6.10 Å². The van der Waals surface area contributed by atoms with E-state index in [2.05, 4.69) is 0 Å². The van der Waals surface area contributed by atoms with Gasteiger partial charge in [0.15, 0.2) is 5.78 Å². The maximum Gasteiger partial charge on any atom is 0.183 e. The maximum atomic E-state index is 11.0. The molecular formula is C12H14O2. The molecule has 0 aliphatic heterocycles. The largest absolute Gasteiger partial charge is 0.385 e. The van der Waals surface area contributed by atoms with E-state index in [-0.39, 0.29) is 5.78 Å². The van der Waals surface area contributed by atoms with Crippen LogP contribution in [0.4, 0.5) is 0 Å². The number of allylic oxidation sites excluding steroid dienone is 1. The molecule has 1 rings (SSSR count). The summed E-state index contributed by atoms with van der Waals surface area (Å²) in [6, 6.07) is 9.86. The lowest BCUT2D eigenvalue weighted by Gasteiger charge is -1.96. The molecule has 2 heteroatoms. The highest BCUT2D eigenvalue weighted by atomic mass is 16.3. The third kappa shape index (κ3) is 3.54. The van der Waals surface area contributed by atoms with Crippen LogP contribution in [-0.4, -0.2) is 17.0 Å². The first-order chi connectivity index (χ1) is 6.70. The second kappa shape index (κ2) is 5.35. The predicted molar refractivity (Wildman–Crippen MR) is 56.0 cm³/mol. The van der Waals surface area contributed by atoms with Crippen LogP contribution in [0.2, 0.25) is 0 Å². The van der Waals surface area contributed by atoms with Gasteiger partial charge in [0.25, 0.3) is 0 Å². The molecule has 1 unspecified atom stereocenters. The molecule has 0 bridgehead atoms. The van der Waals surface area contributed by atoms with Crippen LogP contribution in [0.1, 0.15) is 12.5 Å². The molecular weight excluding hydrogens is 176 g/mol. The van der Waals surface area contributed by atoms with E-state index in [4.69, 9.17) is 5.11 Å². The van der Waals surface area contributed by atoms with Crippen LogP contribution in [-0.2, 0) is 11.2 Å². The molecule has 0 spiro atoms. The Morgan fingerprint density at radius 2 is 2.07 bits per heavy atom. The fourth-order valence-corrected chi connectivity index (χ4v) is 1.06. The van der Waals surface area contributed by atoms with Crippen molar-refractivity contribution in [2.24, 2.45) is 0 Å². The minimum absolute atomic E-state index is 0.249. The second-order valence-corrected chi connectivity index (χ2v) is 3.17. The first kappa shape index (κ1) is 10.7. The highest BCUT2D eigenvalue weighted by molar-refractivity contribution is 5.92. The standard InChI is InChI=1S/C12H14O2/c1-10(13)12(14)9-5-8-11-6-3-2-4-7-11/h2-7,9-10,13H,8H2,1H3. The summed E-state index contributed by atoms with van der Waals surface area (Å²) in [5.41, 5.74) is 1.15. The van der Waals surface area contributed by atoms with Crippen LogP contribution in [0.3, 0.4) is 0 Å². The molecule has 0 radical (unpaired) electrons. The quantitative estimate of drug-likeness (QED) is 0.734. The molecule has 2 nitrogen and oxygen atoms in total. The van der Waals surface area contributed by atoms with Crippen molar-refractivity contribution in [2.75, 3.05) is 0 Å². The molecule has 0 aliphatic carbocycles. The third-order valence-electron chi connectivity index (χ3n) is 1.89. The predicted octanol–water partition coefficient (Wildman–Crippen LogP) is 1.74. The van der Waals surface area contributed by atoms with Crippen LogP contribution >= 0.6 is 0 Å². The lowest BCUT2D eigenvalue weighted by molar-refractivity contribution is -0.121. The molecule has 0 saturated heterocycles. The summed E-state index contributed by atoms with van der Waals surface area (Å²) >= 11 is 0. The Morgan fingerprint density at radius 3 is 2.64 bits per heavy atom. The van der Waals surface area contributed by atoms with Gasteiger partial charge in [-0.05, 0) is 25.0 Å². The molecule has 14 heavy (non-hydrogen) atoms. The number of benzene rings is 1. The number of hydrogen-bond donors (Lipinski definition) is 1. The van der Waals surface area contributed by atoms with Crippen molar-refractivity contribution in [1.82, 2.24) is 0 Å². The van der Waals surface area contributed by atoms with Crippen LogP contribution in [0.5, 0.6) is 0 Å². The zero-order valence-electron chi connectivity index (χ0n) is 8.18. The zero-order valence-corrected chi connectivity index (χ0v) is 8.18. The van der Waals surface area contributed by atoms with Gasteiger partial charge in [-0.1, -0.05) is 36.4 Å². The van der Waals surface area contributed by atoms with E-state index in [1.165, 1.54) is 13.0 Å². The Bertz CT molecular complexity index is 312. The third-order valence-corrected chi connectivity index (χ3v) is 1.89. The smallest absolute Gasteiger partial charge is 0.183 e. The lowest BCUT2D eigenvalue weighted by Crippen LogP contribution is -2.12. The van der Waals surface area contributed by atoms with Crippen molar-refractivity contribution in [3.8, 4) is 0 Å². The normalized spacial score (nSPS) is 13.0. The average molecular weight is 190 g/mol. The topological polar surface area (TPSA) is 37.3 Å². The molecule has 1 atom stereocenters. The van der Waals surface area contributed by atoms with Crippen LogP contribution < -0.4 is 0 Å². The van der Waals surface area contributed by atoms with Gasteiger partial charge in [-0.25, -0.2) is 0 Å². The number of aliphatic hydroxyl groups is 1. The zero-order chi connectivity index (χ0) is 10.4. The van der Waals surface area contributed by atoms with Gasteiger partial charge in [-0.2, -0.15) is 0 Å². The molecule has 1 N–H and O–H groups in total. The van der Waals surface area contributed by atoms with E-state index < -0.39 is 6.10 Å². The van der Waals surface area contributed by atoms with Gasteiger partial charge in [0.05, 0.1) is 0 Å². The number of carbonyl (C=O) groups excluding carboxylic acids is 1. The summed E-state index contributed by atoms with van der Waals surface area (Å²) in [5.74, 6) is -0.249. The second-order valence-electron chi connectivity index (χ2n) is 3.17. The van der Waals surface area contributed by atoms with E-state index >= 15 is 0 Å². The molecule has 1 aromatic carbocycles. The average Bonchev–Trinajstić information content (AvgIpc) is 2.19. The Hall–Kier alpha value is -1.41. The van der Waals surface area contributed by atoms with Gasteiger partial charge in [0, 0.05) is 0 Å². The van der Waals surface area contributed by atoms with Crippen molar-refractivity contribution in [3.05, 3.63) is 48.0 Å². The van der Waals surface area contributed by atoms with Gasteiger partial charge >= 0.3 is 0 Å². The number of rotatable bonds is 4. The van der Waals surface area contributed by atoms with Crippen LogP contribution in [0, 0.1) is 0 Å². The summed E-state index contributed by atoms with van der Waals surface area (Å²) in [6.45, 7) is 1.47. The molecule has 0 heterocycles. The van der Waals surface area contributed by atoms with Crippen LogP contribution in [0.15, 0.2) is 42.5 Å². The van der Waals surface area contributed by atoms with Crippen molar-refractivity contribution < 1.29 is 9.90 Å². The molecule has 1 aromatic rings. The fourth-order valence-electron chi connectivity index (χ4n) is 1.06. The summed E-state index contributed by atoms with van der Waals surface area (Å²) in [4.78, 5) is 11.0. The molecule has 0 fully saturated rings. The fraction of sp³-hybridized carbons (Fsp3) is 0.250. The molecule has 0 amide bonds. The first-order valence-corrected chi connectivity index (χ1v) is 4.62. The number of ketones is 1. The molecule has 74 valence electrons. The van der Waals surface area contributed by atoms with Crippen molar-refractivity contribution in [3.63, 3.8) is 0 Å². The molecule has 0 aliphatic rings. The number of aliphatic hydroxyl groups excluding tert-OH is 1. The molecule has 0 aromatic heterocycles. The Kier molecular flexibility index (Phi) is 4.08. The van der Waals surface area contributed by atoms with Gasteiger partial charge in [-0.15, -0.1) is 0 Å². The Labute approximate surface area is 83.9 Å². The summed E-state index contributed by atoms with van der Waals surface area (Å²) < 4.78 is 0. The van der Waals surface area contributed by atoms with Crippen LogP contribution in [0.25, 0.3) is 0 Å². The van der Waals surface area contributed by atoms with E-state index in [0.717, 1.165) is 12.0 Å². The van der Waals surface area contributed by atoms with Gasteiger partial charge < -0.3 is 5.11 Å². The van der Waals surface area contributed by atoms with E-state index in [0.29, 0.717) is 0 Å². The minimum Gasteiger partial charge on any atom is -0.385 e. The summed E-state index contributed by atoms with van der Waals surface area (Å²) in [7, 11) is 0. The van der Waals surface area contributed by atoms with Crippen molar-refractivity contribution in [1.29, 1.82) is 0 Å². The summed E-state index contributed by atoms with van der Waals surface area (Å²) in [6.07, 6.45) is 3.02. The molecule has 0 saturated carbocycles. The van der Waals surface area contributed by atoms with Gasteiger partial charge in [-0.3, -0.25) is 4.79 Å². The van der Waals surface area contributed by atoms with E-state index in [1.54, 1.807) is 6.08 Å².